The van der Waals surface area contributed by atoms with Crippen LogP contribution in [0.3, 0.4) is 0 Å². The number of amides is 1. The van der Waals surface area contributed by atoms with Crippen molar-refractivity contribution in [3.05, 3.63) is 39.3 Å². The lowest BCUT2D eigenvalue weighted by Gasteiger charge is -2.06. The molecule has 0 unspecified atom stereocenters. The van der Waals surface area contributed by atoms with Crippen LogP contribution in [0.25, 0.3) is 0 Å². The van der Waals surface area contributed by atoms with Crippen LogP contribution in [0.15, 0.2) is 22.3 Å². The Bertz CT molecular complexity index is 841. The average molecular weight is 362 g/mol. The average Bonchev–Trinajstić information content (AvgIpc) is 3.32. The Morgan fingerprint density at radius 3 is 2.92 bits per heavy atom. The van der Waals surface area contributed by atoms with Gasteiger partial charge in [0.05, 0.1) is 24.4 Å². The summed E-state index contributed by atoms with van der Waals surface area (Å²) < 4.78 is 6.02. The number of ether oxygens (including phenoxy) is 1. The van der Waals surface area contributed by atoms with Gasteiger partial charge >= 0.3 is 5.97 Å². The Morgan fingerprint density at radius 1 is 1.40 bits per heavy atom. The minimum atomic E-state index is -0.389. The highest BCUT2D eigenvalue weighted by Gasteiger charge is 2.25. The Balaban J connectivity index is 1.59. The largest absolute Gasteiger partial charge is 0.466 e. The number of carbonyl (C=O) groups is 2. The summed E-state index contributed by atoms with van der Waals surface area (Å²) >= 11 is 1.21. The zero-order valence-corrected chi connectivity index (χ0v) is 14.5. The van der Waals surface area contributed by atoms with Gasteiger partial charge in [-0.2, -0.15) is 5.10 Å². The van der Waals surface area contributed by atoms with Crippen LogP contribution in [0.1, 0.15) is 37.1 Å². The van der Waals surface area contributed by atoms with Gasteiger partial charge in [-0.25, -0.2) is 9.67 Å². The molecule has 0 spiro atoms. The van der Waals surface area contributed by atoms with Gasteiger partial charge in [0.15, 0.2) is 5.13 Å². The lowest BCUT2D eigenvalue weighted by molar-refractivity contribution is -0.142. The molecule has 1 N–H and O–H groups in total. The minimum Gasteiger partial charge on any atom is -0.466 e. The van der Waals surface area contributed by atoms with Gasteiger partial charge in [-0.3, -0.25) is 14.4 Å². The second-order valence-corrected chi connectivity index (χ2v) is 6.56. The van der Waals surface area contributed by atoms with Crippen LogP contribution in [0, 0.1) is 0 Å². The number of esters is 1. The molecule has 8 nitrogen and oxygen atoms in total. The van der Waals surface area contributed by atoms with Gasteiger partial charge in [0.2, 0.25) is 5.91 Å². The van der Waals surface area contributed by atoms with E-state index in [9.17, 15) is 14.4 Å². The maximum Gasteiger partial charge on any atom is 0.311 e. The molecule has 1 aliphatic rings. The van der Waals surface area contributed by atoms with Crippen LogP contribution in [0.2, 0.25) is 0 Å². The molecule has 1 fully saturated rings. The molecular weight excluding hydrogens is 344 g/mol. The van der Waals surface area contributed by atoms with Crippen molar-refractivity contribution in [2.75, 3.05) is 11.9 Å². The van der Waals surface area contributed by atoms with E-state index in [4.69, 9.17) is 4.74 Å². The van der Waals surface area contributed by atoms with Crippen LogP contribution in [-0.2, 0) is 27.3 Å². The molecule has 2 aromatic rings. The number of anilines is 1. The highest BCUT2D eigenvalue weighted by molar-refractivity contribution is 7.13. The maximum atomic E-state index is 12.1. The predicted octanol–water partition coefficient (Wildman–Crippen LogP) is 1.32. The lowest BCUT2D eigenvalue weighted by atomic mass is 10.3. The fraction of sp³-hybridized carbons (Fsp3) is 0.438. The zero-order chi connectivity index (χ0) is 17.8. The molecule has 3 rings (SSSR count). The van der Waals surface area contributed by atoms with Gasteiger partial charge in [0.25, 0.3) is 5.56 Å². The van der Waals surface area contributed by atoms with Crippen molar-refractivity contribution in [3.63, 3.8) is 0 Å². The Hall–Kier alpha value is -2.55. The van der Waals surface area contributed by atoms with Gasteiger partial charge in [-0.05, 0) is 25.8 Å². The molecule has 0 bridgehead atoms. The monoisotopic (exact) mass is 362 g/mol. The highest BCUT2D eigenvalue weighted by Crippen LogP contribution is 2.38. The fourth-order valence-electron chi connectivity index (χ4n) is 2.28. The first kappa shape index (κ1) is 17.3. The van der Waals surface area contributed by atoms with Crippen LogP contribution in [0.5, 0.6) is 0 Å². The molecule has 0 aromatic carbocycles. The summed E-state index contributed by atoms with van der Waals surface area (Å²) in [5.41, 5.74) is 1.06. The van der Waals surface area contributed by atoms with Gasteiger partial charge in [-0.15, -0.1) is 11.3 Å². The van der Waals surface area contributed by atoms with Gasteiger partial charge in [-0.1, -0.05) is 0 Å². The Labute approximate surface area is 147 Å². The number of rotatable bonds is 7. The van der Waals surface area contributed by atoms with E-state index >= 15 is 0 Å². The predicted molar refractivity (Wildman–Crippen MR) is 91.6 cm³/mol. The normalized spacial score (nSPS) is 13.5. The van der Waals surface area contributed by atoms with E-state index in [0.717, 1.165) is 23.2 Å². The summed E-state index contributed by atoms with van der Waals surface area (Å²) in [7, 11) is 0. The van der Waals surface area contributed by atoms with Crippen LogP contribution in [0.4, 0.5) is 5.13 Å². The summed E-state index contributed by atoms with van der Waals surface area (Å²) in [6.45, 7) is 1.87. The van der Waals surface area contributed by atoms with Crippen molar-refractivity contribution in [1.82, 2.24) is 14.8 Å². The minimum absolute atomic E-state index is 0.0602. The molecule has 0 radical (unpaired) electrons. The number of nitrogens with zero attached hydrogens (tertiary/aromatic N) is 3. The molecule has 1 aliphatic carbocycles. The fourth-order valence-corrected chi connectivity index (χ4v) is 3.00. The summed E-state index contributed by atoms with van der Waals surface area (Å²) in [6.07, 6.45) is 2.20. The van der Waals surface area contributed by atoms with E-state index in [1.807, 2.05) is 0 Å². The first-order valence-electron chi connectivity index (χ1n) is 8.03. The first-order chi connectivity index (χ1) is 12.0. The standard InChI is InChI=1S/C16H18N4O4S/c1-2-24-15(23)7-11-9-25-16(17-11)18-13(21)8-20-14(22)6-5-12(19-20)10-3-4-10/h5-6,9-10H,2-4,7-8H2,1H3,(H,17,18,21). The maximum absolute atomic E-state index is 12.1. The number of thiazole rings is 1. The molecule has 0 saturated heterocycles. The molecule has 2 aromatic heterocycles. The third-order valence-corrected chi connectivity index (χ3v) is 4.41. The van der Waals surface area contributed by atoms with Crippen LogP contribution < -0.4 is 10.9 Å². The van der Waals surface area contributed by atoms with E-state index in [1.54, 1.807) is 18.4 Å². The second kappa shape index (κ2) is 7.56. The Morgan fingerprint density at radius 2 is 2.20 bits per heavy atom. The van der Waals surface area contributed by atoms with Crippen molar-refractivity contribution in [3.8, 4) is 0 Å². The Kier molecular flexibility index (Phi) is 5.22. The van der Waals surface area contributed by atoms with E-state index < -0.39 is 0 Å². The van der Waals surface area contributed by atoms with Crippen molar-refractivity contribution in [1.29, 1.82) is 0 Å². The number of hydrogen-bond acceptors (Lipinski definition) is 7. The number of hydrogen-bond donors (Lipinski definition) is 1. The topological polar surface area (TPSA) is 103 Å². The molecule has 2 heterocycles. The molecule has 0 aliphatic heterocycles. The van der Waals surface area contributed by atoms with Gasteiger partial charge in [0, 0.05) is 17.4 Å². The van der Waals surface area contributed by atoms with Crippen LogP contribution >= 0.6 is 11.3 Å². The summed E-state index contributed by atoms with van der Waals surface area (Å²) in [5.74, 6) is -0.350. The molecular formula is C16H18N4O4S. The number of nitrogens with one attached hydrogen (secondary N) is 1. The third-order valence-electron chi connectivity index (χ3n) is 3.61. The van der Waals surface area contributed by atoms with Gasteiger partial charge in [0.1, 0.15) is 6.54 Å². The van der Waals surface area contributed by atoms with Crippen molar-refractivity contribution < 1.29 is 14.3 Å². The number of carbonyl (C=O) groups excluding carboxylic acids is 2. The summed E-state index contributed by atoms with van der Waals surface area (Å²) in [4.78, 5) is 39.6. The first-order valence-corrected chi connectivity index (χ1v) is 8.91. The highest BCUT2D eigenvalue weighted by atomic mass is 32.1. The molecule has 1 amide bonds. The zero-order valence-electron chi connectivity index (χ0n) is 13.7. The van der Waals surface area contributed by atoms with Crippen molar-refractivity contribution >= 4 is 28.3 Å². The van der Waals surface area contributed by atoms with E-state index in [2.05, 4.69) is 15.4 Å². The second-order valence-electron chi connectivity index (χ2n) is 5.70. The summed E-state index contributed by atoms with van der Waals surface area (Å²) in [5, 5.41) is 8.93. The molecule has 0 atom stereocenters. The summed E-state index contributed by atoms with van der Waals surface area (Å²) in [6, 6.07) is 3.16. The number of aromatic nitrogens is 3. The third kappa shape index (κ3) is 4.72. The molecule has 1 saturated carbocycles. The van der Waals surface area contributed by atoms with Crippen molar-refractivity contribution in [2.24, 2.45) is 0 Å². The molecule has 25 heavy (non-hydrogen) atoms. The molecule has 9 heteroatoms. The SMILES string of the molecule is CCOC(=O)Cc1csc(NC(=O)Cn2nc(C3CC3)ccc2=O)n1. The quantitative estimate of drug-likeness (QED) is 0.745. The smallest absolute Gasteiger partial charge is 0.311 e. The van der Waals surface area contributed by atoms with E-state index in [1.165, 1.54) is 17.4 Å². The lowest BCUT2D eigenvalue weighted by Crippen LogP contribution is -2.29. The van der Waals surface area contributed by atoms with Crippen LogP contribution in [-0.4, -0.2) is 33.2 Å². The molecule has 132 valence electrons. The van der Waals surface area contributed by atoms with Crippen molar-refractivity contribution in [2.45, 2.75) is 38.6 Å². The van der Waals surface area contributed by atoms with E-state index in [-0.39, 0.29) is 30.4 Å². The van der Waals surface area contributed by atoms with Gasteiger partial charge < -0.3 is 10.1 Å². The van der Waals surface area contributed by atoms with E-state index in [0.29, 0.717) is 23.4 Å².